The van der Waals surface area contributed by atoms with Crippen molar-refractivity contribution in [3.63, 3.8) is 0 Å². The van der Waals surface area contributed by atoms with E-state index >= 15 is 0 Å². The Kier molecular flexibility index (Phi) is 5.18. The van der Waals surface area contributed by atoms with Gasteiger partial charge in [0.2, 0.25) is 15.0 Å². The Bertz CT molecular complexity index is 1090. The maximum Gasteiger partial charge on any atom is 0.274 e. The van der Waals surface area contributed by atoms with Gasteiger partial charge < -0.3 is 9.64 Å². The minimum Gasteiger partial charge on any atom is -0.491 e. The molecule has 0 aliphatic rings. The number of carbonyl (C=O) groups excluding carboxylic acids is 1. The van der Waals surface area contributed by atoms with Gasteiger partial charge in [-0.05, 0) is 30.7 Å². The number of carbonyl (C=O) groups is 1. The Hall–Kier alpha value is -2.87. The summed E-state index contributed by atoms with van der Waals surface area (Å²) in [6, 6.07) is 12.7. The molecular formula is C19H21N3O4S. The fourth-order valence-corrected chi connectivity index (χ4v) is 3.50. The number of benzene rings is 1. The van der Waals surface area contributed by atoms with Gasteiger partial charge in [0.1, 0.15) is 12.4 Å². The minimum absolute atomic E-state index is 0.106. The van der Waals surface area contributed by atoms with E-state index in [-0.39, 0.29) is 16.8 Å². The van der Waals surface area contributed by atoms with Crippen molar-refractivity contribution in [1.29, 1.82) is 0 Å². The molecule has 1 aromatic carbocycles. The van der Waals surface area contributed by atoms with Gasteiger partial charge in [-0.1, -0.05) is 24.3 Å². The Morgan fingerprint density at radius 3 is 2.59 bits per heavy atom. The molecule has 1 amide bonds. The molecule has 27 heavy (non-hydrogen) atoms. The Morgan fingerprint density at radius 1 is 1.19 bits per heavy atom. The van der Waals surface area contributed by atoms with E-state index in [1.807, 2.05) is 31.2 Å². The summed E-state index contributed by atoms with van der Waals surface area (Å²) < 4.78 is 31.1. The first-order valence-corrected chi connectivity index (χ1v) is 10.3. The highest BCUT2D eigenvalue weighted by Crippen LogP contribution is 2.19. The van der Waals surface area contributed by atoms with Crippen LogP contribution in [-0.4, -0.2) is 55.1 Å². The summed E-state index contributed by atoms with van der Waals surface area (Å²) in [6.07, 6.45) is 2.65. The first kappa shape index (κ1) is 18.9. The number of fused-ring (bicyclic) bond motifs is 1. The lowest BCUT2D eigenvalue weighted by Crippen LogP contribution is -2.31. The number of likely N-dealkylation sites (N-methyl/N-ethyl adjacent to an activating group) is 1. The van der Waals surface area contributed by atoms with Crippen LogP contribution in [0.25, 0.3) is 5.52 Å². The van der Waals surface area contributed by atoms with Crippen molar-refractivity contribution < 1.29 is 17.9 Å². The standard InChI is InChI=1S/C19H21N3O4S/c1-14-8-4-5-10-16(14)26-13-12-21(2)18(23)17-15-9-6-7-11-22(15)19(20-17)27(3,24)25/h4-11H,12-13H2,1-3H3. The minimum atomic E-state index is -3.57. The molecule has 0 atom stereocenters. The van der Waals surface area contributed by atoms with Crippen LogP contribution in [0.5, 0.6) is 5.75 Å². The topological polar surface area (TPSA) is 81.0 Å². The number of aryl methyl sites for hydroxylation is 1. The van der Waals surface area contributed by atoms with Gasteiger partial charge in [-0.15, -0.1) is 0 Å². The zero-order valence-corrected chi connectivity index (χ0v) is 16.2. The second-order valence-corrected chi connectivity index (χ2v) is 8.22. The predicted molar refractivity (Wildman–Crippen MR) is 102 cm³/mol. The monoisotopic (exact) mass is 387 g/mol. The van der Waals surface area contributed by atoms with E-state index < -0.39 is 9.84 Å². The third kappa shape index (κ3) is 3.95. The molecule has 2 heterocycles. The largest absolute Gasteiger partial charge is 0.491 e. The Morgan fingerprint density at radius 2 is 1.89 bits per heavy atom. The number of hydrogen-bond acceptors (Lipinski definition) is 5. The van der Waals surface area contributed by atoms with E-state index in [9.17, 15) is 13.2 Å². The average Bonchev–Trinajstić information content (AvgIpc) is 3.02. The SMILES string of the molecule is Cc1ccccc1OCCN(C)C(=O)c1nc(S(C)(=O)=O)n2ccccc12. The van der Waals surface area contributed by atoms with Gasteiger partial charge in [-0.2, -0.15) is 0 Å². The van der Waals surface area contributed by atoms with Crippen LogP contribution in [0.2, 0.25) is 0 Å². The van der Waals surface area contributed by atoms with Crippen molar-refractivity contribution in [2.75, 3.05) is 26.5 Å². The molecule has 0 aliphatic carbocycles. The number of rotatable bonds is 6. The van der Waals surface area contributed by atoms with Crippen LogP contribution >= 0.6 is 0 Å². The van der Waals surface area contributed by atoms with Crippen molar-refractivity contribution in [2.24, 2.45) is 0 Å². The molecule has 0 N–H and O–H groups in total. The molecule has 3 aromatic rings. The van der Waals surface area contributed by atoms with Crippen molar-refractivity contribution >= 4 is 21.3 Å². The van der Waals surface area contributed by atoms with Crippen LogP contribution in [0.15, 0.2) is 53.8 Å². The summed E-state index contributed by atoms with van der Waals surface area (Å²) >= 11 is 0. The summed E-state index contributed by atoms with van der Waals surface area (Å²) in [5, 5.41) is -0.147. The predicted octanol–water partition coefficient (Wildman–Crippen LogP) is 2.20. The quantitative estimate of drug-likeness (QED) is 0.648. The van der Waals surface area contributed by atoms with Gasteiger partial charge in [0, 0.05) is 19.5 Å². The van der Waals surface area contributed by atoms with Gasteiger partial charge in [0.05, 0.1) is 12.1 Å². The molecule has 0 fully saturated rings. The van der Waals surface area contributed by atoms with Crippen LogP contribution in [0, 0.1) is 6.92 Å². The number of sulfone groups is 1. The molecule has 0 aliphatic heterocycles. The molecule has 0 spiro atoms. The van der Waals surface area contributed by atoms with Gasteiger partial charge in [0.25, 0.3) is 5.91 Å². The summed E-state index contributed by atoms with van der Waals surface area (Å²) in [4.78, 5) is 18.4. The van der Waals surface area contributed by atoms with E-state index in [4.69, 9.17) is 4.74 Å². The fourth-order valence-electron chi connectivity index (χ4n) is 2.72. The van der Waals surface area contributed by atoms with Gasteiger partial charge >= 0.3 is 0 Å². The first-order valence-electron chi connectivity index (χ1n) is 8.40. The maximum absolute atomic E-state index is 12.8. The van der Waals surface area contributed by atoms with E-state index in [0.717, 1.165) is 17.6 Å². The number of pyridine rings is 1. The Balaban J connectivity index is 1.78. The van der Waals surface area contributed by atoms with Crippen molar-refractivity contribution in [2.45, 2.75) is 12.1 Å². The molecule has 3 rings (SSSR count). The summed E-state index contributed by atoms with van der Waals surface area (Å²) in [6.45, 7) is 2.61. The second-order valence-electron chi connectivity index (χ2n) is 6.31. The van der Waals surface area contributed by atoms with Crippen molar-refractivity contribution in [1.82, 2.24) is 14.3 Å². The van der Waals surface area contributed by atoms with Gasteiger partial charge in [0.15, 0.2) is 5.69 Å². The number of nitrogens with zero attached hydrogens (tertiary/aromatic N) is 3. The van der Waals surface area contributed by atoms with Crippen LogP contribution in [0.4, 0.5) is 0 Å². The molecule has 8 heteroatoms. The van der Waals surface area contributed by atoms with E-state index in [1.54, 1.807) is 31.4 Å². The van der Waals surface area contributed by atoms with Crippen LogP contribution < -0.4 is 4.74 Å². The normalized spacial score (nSPS) is 11.5. The number of aromatic nitrogens is 2. The molecule has 0 saturated heterocycles. The Labute approximate surface area is 158 Å². The first-order chi connectivity index (χ1) is 12.8. The van der Waals surface area contributed by atoms with Crippen molar-refractivity contribution in [3.05, 3.63) is 59.9 Å². The highest BCUT2D eigenvalue weighted by molar-refractivity contribution is 7.90. The number of imidazole rings is 1. The molecule has 0 bridgehead atoms. The van der Waals surface area contributed by atoms with E-state index in [2.05, 4.69) is 4.98 Å². The third-order valence-electron chi connectivity index (χ3n) is 4.17. The lowest BCUT2D eigenvalue weighted by molar-refractivity contribution is 0.0770. The number of ether oxygens (including phenoxy) is 1. The fraction of sp³-hybridized carbons (Fsp3) is 0.263. The van der Waals surface area contributed by atoms with Gasteiger partial charge in [-0.3, -0.25) is 9.20 Å². The van der Waals surface area contributed by atoms with Crippen LogP contribution in [0.1, 0.15) is 16.1 Å². The lowest BCUT2D eigenvalue weighted by Gasteiger charge is -2.17. The molecule has 0 radical (unpaired) electrons. The van der Waals surface area contributed by atoms with Crippen LogP contribution in [-0.2, 0) is 9.84 Å². The highest BCUT2D eigenvalue weighted by atomic mass is 32.2. The smallest absolute Gasteiger partial charge is 0.274 e. The summed E-state index contributed by atoms with van der Waals surface area (Å²) in [5.41, 5.74) is 1.58. The average molecular weight is 387 g/mol. The van der Waals surface area contributed by atoms with Crippen LogP contribution in [0.3, 0.4) is 0 Å². The molecule has 0 unspecified atom stereocenters. The van der Waals surface area contributed by atoms with E-state index in [1.165, 1.54) is 9.30 Å². The molecule has 7 nitrogen and oxygen atoms in total. The molecule has 2 aromatic heterocycles. The molecule has 0 saturated carbocycles. The summed E-state index contributed by atoms with van der Waals surface area (Å²) in [5.74, 6) is 0.409. The highest BCUT2D eigenvalue weighted by Gasteiger charge is 2.24. The summed E-state index contributed by atoms with van der Waals surface area (Å²) in [7, 11) is -1.93. The zero-order valence-electron chi connectivity index (χ0n) is 15.4. The molecular weight excluding hydrogens is 366 g/mol. The second kappa shape index (κ2) is 7.40. The van der Waals surface area contributed by atoms with E-state index in [0.29, 0.717) is 18.7 Å². The zero-order chi connectivity index (χ0) is 19.6. The maximum atomic E-state index is 12.8. The van der Waals surface area contributed by atoms with Crippen molar-refractivity contribution in [3.8, 4) is 5.75 Å². The van der Waals surface area contributed by atoms with Gasteiger partial charge in [-0.25, -0.2) is 13.4 Å². The third-order valence-corrected chi connectivity index (χ3v) is 5.13. The number of hydrogen-bond donors (Lipinski definition) is 0. The number of amides is 1. The number of para-hydroxylation sites is 1. The molecule has 142 valence electrons. The lowest BCUT2D eigenvalue weighted by atomic mass is 10.2.